The minimum atomic E-state index is -5.76. The molecule has 28 heavy (non-hydrogen) atoms. The SMILES string of the molecule is O=C1CN(c2ccc(Nc3ccc(F)cc3S(=O)(=O)C(F)(F)F)cn2)CCN1. The molecule has 2 N–H and O–H groups in total. The van der Waals surface area contributed by atoms with Gasteiger partial charge in [0, 0.05) is 13.1 Å². The van der Waals surface area contributed by atoms with Crippen LogP contribution in [0.3, 0.4) is 0 Å². The molecule has 0 spiro atoms. The van der Waals surface area contributed by atoms with Crippen molar-refractivity contribution in [3.05, 3.63) is 42.3 Å². The van der Waals surface area contributed by atoms with Gasteiger partial charge >= 0.3 is 5.51 Å². The van der Waals surface area contributed by atoms with Crippen LogP contribution in [-0.4, -0.2) is 44.5 Å². The van der Waals surface area contributed by atoms with E-state index in [1.807, 2.05) is 0 Å². The number of pyridine rings is 1. The van der Waals surface area contributed by atoms with Gasteiger partial charge in [-0.1, -0.05) is 0 Å². The lowest BCUT2D eigenvalue weighted by molar-refractivity contribution is -0.120. The van der Waals surface area contributed by atoms with Gasteiger partial charge in [-0.15, -0.1) is 0 Å². The third-order valence-electron chi connectivity index (χ3n) is 3.93. The number of carbonyl (C=O) groups is 1. The molecule has 0 saturated carbocycles. The highest BCUT2D eigenvalue weighted by Gasteiger charge is 2.48. The van der Waals surface area contributed by atoms with Crippen molar-refractivity contribution in [2.24, 2.45) is 0 Å². The molecule has 1 fully saturated rings. The standard InChI is InChI=1S/C16H14F4N4O3S/c17-10-1-3-12(13(7-10)28(26,27)16(18,19)20)23-11-2-4-14(22-8-11)24-6-5-21-15(25)9-24/h1-4,7-8,23H,5-6,9H2,(H,21,25). The second-order valence-electron chi connectivity index (χ2n) is 5.89. The predicted octanol–water partition coefficient (Wildman–Crippen LogP) is 2.19. The maximum Gasteiger partial charge on any atom is 0.501 e. The molecule has 1 aromatic heterocycles. The average Bonchev–Trinajstić information content (AvgIpc) is 2.63. The fourth-order valence-corrected chi connectivity index (χ4v) is 3.51. The third-order valence-corrected chi connectivity index (χ3v) is 5.45. The summed E-state index contributed by atoms with van der Waals surface area (Å²) in [7, 11) is -5.76. The minimum absolute atomic E-state index is 0.117. The number of rotatable bonds is 4. The third kappa shape index (κ3) is 4.01. The fourth-order valence-electron chi connectivity index (χ4n) is 2.58. The number of hydrogen-bond acceptors (Lipinski definition) is 6. The van der Waals surface area contributed by atoms with Gasteiger partial charge in [-0.2, -0.15) is 13.2 Å². The maximum atomic E-state index is 13.4. The molecule has 0 aliphatic carbocycles. The van der Waals surface area contributed by atoms with Crippen molar-refractivity contribution in [3.63, 3.8) is 0 Å². The van der Waals surface area contributed by atoms with Crippen molar-refractivity contribution in [2.45, 2.75) is 10.4 Å². The van der Waals surface area contributed by atoms with Crippen LogP contribution in [0.25, 0.3) is 0 Å². The lowest BCUT2D eigenvalue weighted by atomic mass is 10.3. The molecule has 0 bridgehead atoms. The Morgan fingerprint density at radius 3 is 2.54 bits per heavy atom. The highest BCUT2D eigenvalue weighted by atomic mass is 32.2. The number of anilines is 3. The highest BCUT2D eigenvalue weighted by molar-refractivity contribution is 7.92. The van der Waals surface area contributed by atoms with Crippen LogP contribution in [0.4, 0.5) is 34.8 Å². The lowest BCUT2D eigenvalue weighted by Crippen LogP contribution is -2.48. The number of aromatic nitrogens is 1. The van der Waals surface area contributed by atoms with Crippen LogP contribution < -0.4 is 15.5 Å². The summed E-state index contributed by atoms with van der Waals surface area (Å²) in [5, 5.41) is 5.17. The van der Waals surface area contributed by atoms with E-state index in [1.54, 1.807) is 4.90 Å². The Hall–Kier alpha value is -2.89. The van der Waals surface area contributed by atoms with E-state index in [0.29, 0.717) is 25.0 Å². The molecular weight excluding hydrogens is 404 g/mol. The first-order valence-corrected chi connectivity index (χ1v) is 9.42. The van der Waals surface area contributed by atoms with Crippen molar-refractivity contribution >= 4 is 32.9 Å². The first-order chi connectivity index (χ1) is 13.1. The van der Waals surface area contributed by atoms with E-state index in [9.17, 15) is 30.8 Å². The van der Waals surface area contributed by atoms with Crippen LogP contribution in [0.15, 0.2) is 41.4 Å². The van der Waals surface area contributed by atoms with Gasteiger partial charge in [0.05, 0.1) is 24.1 Å². The Morgan fingerprint density at radius 1 is 1.18 bits per heavy atom. The summed E-state index contributed by atoms with van der Waals surface area (Å²) in [6, 6.07) is 5.03. The van der Waals surface area contributed by atoms with E-state index >= 15 is 0 Å². The van der Waals surface area contributed by atoms with Crippen molar-refractivity contribution in [3.8, 4) is 0 Å². The molecule has 1 aliphatic heterocycles. The van der Waals surface area contributed by atoms with E-state index in [1.165, 1.54) is 18.3 Å². The quantitative estimate of drug-likeness (QED) is 0.740. The molecule has 1 aromatic carbocycles. The van der Waals surface area contributed by atoms with Gasteiger partial charge in [-0.25, -0.2) is 17.8 Å². The molecule has 12 heteroatoms. The molecule has 2 heterocycles. The van der Waals surface area contributed by atoms with Gasteiger partial charge < -0.3 is 15.5 Å². The second kappa shape index (κ2) is 7.26. The van der Waals surface area contributed by atoms with Gasteiger partial charge in [0.2, 0.25) is 5.91 Å². The van der Waals surface area contributed by atoms with E-state index in [0.717, 1.165) is 12.1 Å². The summed E-state index contributed by atoms with van der Waals surface area (Å²) in [5.74, 6) is -0.809. The zero-order chi connectivity index (χ0) is 20.5. The Kier molecular flexibility index (Phi) is 5.15. The van der Waals surface area contributed by atoms with Gasteiger partial charge in [0.1, 0.15) is 16.5 Å². The van der Waals surface area contributed by atoms with Crippen molar-refractivity contribution < 1.29 is 30.8 Å². The molecule has 1 saturated heterocycles. The van der Waals surface area contributed by atoms with E-state index in [4.69, 9.17) is 0 Å². The average molecular weight is 418 g/mol. The van der Waals surface area contributed by atoms with E-state index in [2.05, 4.69) is 15.6 Å². The Balaban J connectivity index is 1.87. The predicted molar refractivity (Wildman–Crippen MR) is 92.4 cm³/mol. The van der Waals surface area contributed by atoms with Crippen molar-refractivity contribution in [1.82, 2.24) is 10.3 Å². The van der Waals surface area contributed by atoms with Gasteiger partial charge in [-0.05, 0) is 30.3 Å². The fraction of sp³-hybridized carbons (Fsp3) is 0.250. The largest absolute Gasteiger partial charge is 0.501 e. The number of amides is 1. The number of sulfone groups is 1. The summed E-state index contributed by atoms with van der Waals surface area (Å²) in [6.07, 6.45) is 1.27. The number of carbonyl (C=O) groups excluding carboxylic acids is 1. The summed E-state index contributed by atoms with van der Waals surface area (Å²) in [4.78, 5) is 16.0. The summed E-state index contributed by atoms with van der Waals surface area (Å²) in [5.41, 5.74) is -5.82. The number of nitrogens with zero attached hydrogens (tertiary/aromatic N) is 2. The van der Waals surface area contributed by atoms with E-state index < -0.39 is 31.7 Å². The van der Waals surface area contributed by atoms with Crippen LogP contribution in [0.2, 0.25) is 0 Å². The molecule has 1 aliphatic rings. The molecule has 3 rings (SSSR count). The zero-order valence-electron chi connectivity index (χ0n) is 14.1. The monoisotopic (exact) mass is 418 g/mol. The van der Waals surface area contributed by atoms with Crippen LogP contribution in [0.5, 0.6) is 0 Å². The molecule has 1 amide bonds. The smallest absolute Gasteiger partial charge is 0.353 e. The number of piperazine rings is 1. The first-order valence-electron chi connectivity index (χ1n) is 7.93. The number of nitrogens with one attached hydrogen (secondary N) is 2. The molecule has 7 nitrogen and oxygen atoms in total. The minimum Gasteiger partial charge on any atom is -0.353 e. The van der Waals surface area contributed by atoms with E-state index in [-0.39, 0.29) is 18.1 Å². The van der Waals surface area contributed by atoms with Crippen molar-refractivity contribution in [2.75, 3.05) is 29.9 Å². The number of hydrogen-bond donors (Lipinski definition) is 2. The maximum absolute atomic E-state index is 13.4. The summed E-state index contributed by atoms with van der Waals surface area (Å²) < 4.78 is 75.4. The Morgan fingerprint density at radius 2 is 1.93 bits per heavy atom. The van der Waals surface area contributed by atoms with Gasteiger partial charge in [0.15, 0.2) is 0 Å². The summed E-state index contributed by atoms with van der Waals surface area (Å²) in [6.45, 7) is 1.11. The first kappa shape index (κ1) is 19.9. The number of benzene rings is 1. The van der Waals surface area contributed by atoms with Gasteiger partial charge in [0.25, 0.3) is 9.84 Å². The summed E-state index contributed by atoms with van der Waals surface area (Å²) >= 11 is 0. The molecular formula is C16H14F4N4O3S. The number of halogens is 4. The molecule has 2 aromatic rings. The van der Waals surface area contributed by atoms with Crippen LogP contribution in [-0.2, 0) is 14.6 Å². The van der Waals surface area contributed by atoms with Crippen LogP contribution >= 0.6 is 0 Å². The normalized spacial score (nSPS) is 15.3. The number of alkyl halides is 3. The molecule has 0 radical (unpaired) electrons. The Labute approximate surface area is 157 Å². The van der Waals surface area contributed by atoms with Crippen LogP contribution in [0.1, 0.15) is 0 Å². The molecule has 150 valence electrons. The second-order valence-corrected chi connectivity index (χ2v) is 7.80. The zero-order valence-corrected chi connectivity index (χ0v) is 14.9. The molecule has 0 unspecified atom stereocenters. The highest BCUT2D eigenvalue weighted by Crippen LogP contribution is 2.36. The lowest BCUT2D eigenvalue weighted by Gasteiger charge is -2.27. The van der Waals surface area contributed by atoms with Crippen molar-refractivity contribution in [1.29, 1.82) is 0 Å². The van der Waals surface area contributed by atoms with Gasteiger partial charge in [-0.3, -0.25) is 4.79 Å². The van der Waals surface area contributed by atoms with Crippen LogP contribution in [0, 0.1) is 5.82 Å². The Bertz CT molecular complexity index is 994. The topological polar surface area (TPSA) is 91.4 Å². The molecule has 0 atom stereocenters.